The van der Waals surface area contributed by atoms with Crippen molar-refractivity contribution in [3.05, 3.63) is 110 Å². The van der Waals surface area contributed by atoms with Crippen molar-refractivity contribution < 1.29 is 9.90 Å². The van der Waals surface area contributed by atoms with Crippen LogP contribution in [0.4, 0.5) is 0 Å². The van der Waals surface area contributed by atoms with Gasteiger partial charge < -0.3 is 10.0 Å². The maximum Gasteiger partial charge on any atom is 0.290 e. The molecule has 29 heavy (non-hydrogen) atoms. The van der Waals surface area contributed by atoms with E-state index in [9.17, 15) is 9.90 Å². The molecule has 4 rings (SSSR count). The summed E-state index contributed by atoms with van der Waals surface area (Å²) in [6.07, 6.45) is 0. The minimum atomic E-state index is -0.406. The topological polar surface area (TPSA) is 40.5 Å². The van der Waals surface area contributed by atoms with Crippen LogP contribution in [0.25, 0.3) is 5.57 Å². The van der Waals surface area contributed by atoms with E-state index >= 15 is 0 Å². The second-order valence-electron chi connectivity index (χ2n) is 7.11. The maximum atomic E-state index is 13.1. The van der Waals surface area contributed by atoms with Crippen LogP contribution in [-0.2, 0) is 11.3 Å². The standard InChI is InChI=1S/C24H19BrClNO2/c1-15-6-10-17(11-7-15)21-22(19-4-2-3-5-20(19)25)27(24(29)23(21)28)14-16-8-12-18(26)13-9-16/h2-13,22,28H,14H2,1H3. The van der Waals surface area contributed by atoms with E-state index in [1.54, 1.807) is 17.0 Å². The van der Waals surface area contributed by atoms with Crippen molar-refractivity contribution in [2.24, 2.45) is 0 Å². The van der Waals surface area contributed by atoms with Gasteiger partial charge in [-0.1, -0.05) is 87.7 Å². The van der Waals surface area contributed by atoms with Gasteiger partial charge in [0, 0.05) is 21.6 Å². The fraction of sp³-hybridized carbons (Fsp3) is 0.125. The summed E-state index contributed by atoms with van der Waals surface area (Å²) >= 11 is 9.63. The molecule has 1 N–H and O–H groups in total. The Bertz CT molecular complexity index is 1090. The number of rotatable bonds is 4. The molecule has 0 bridgehead atoms. The number of benzene rings is 3. The minimum Gasteiger partial charge on any atom is -0.503 e. The van der Waals surface area contributed by atoms with E-state index in [1.807, 2.05) is 67.6 Å². The molecule has 1 heterocycles. The van der Waals surface area contributed by atoms with Crippen molar-refractivity contribution in [1.82, 2.24) is 4.90 Å². The minimum absolute atomic E-state index is 0.205. The van der Waals surface area contributed by atoms with Crippen LogP contribution in [0.15, 0.2) is 83.0 Å². The smallest absolute Gasteiger partial charge is 0.290 e. The Morgan fingerprint density at radius 2 is 1.66 bits per heavy atom. The van der Waals surface area contributed by atoms with Crippen LogP contribution in [-0.4, -0.2) is 15.9 Å². The first-order valence-corrected chi connectivity index (χ1v) is 10.4. The van der Waals surface area contributed by atoms with Crippen LogP contribution in [0.3, 0.4) is 0 Å². The lowest BCUT2D eigenvalue weighted by atomic mass is 9.93. The van der Waals surface area contributed by atoms with Crippen molar-refractivity contribution in [2.45, 2.75) is 19.5 Å². The monoisotopic (exact) mass is 467 g/mol. The molecule has 0 spiro atoms. The highest BCUT2D eigenvalue weighted by atomic mass is 79.9. The summed E-state index contributed by atoms with van der Waals surface area (Å²) in [5.74, 6) is -0.583. The Labute approximate surface area is 183 Å². The summed E-state index contributed by atoms with van der Waals surface area (Å²) < 4.78 is 0.887. The van der Waals surface area contributed by atoms with E-state index in [0.717, 1.165) is 26.7 Å². The Morgan fingerprint density at radius 1 is 1.00 bits per heavy atom. The number of halogens is 2. The zero-order chi connectivity index (χ0) is 20.5. The Kier molecular flexibility index (Phi) is 5.48. The molecule has 0 aromatic heterocycles. The van der Waals surface area contributed by atoms with Gasteiger partial charge in [0.25, 0.3) is 5.91 Å². The SMILES string of the molecule is Cc1ccc(C2=C(O)C(=O)N(Cc3ccc(Cl)cc3)C2c2ccccc2Br)cc1. The summed E-state index contributed by atoms with van der Waals surface area (Å²) in [5, 5.41) is 11.5. The molecule has 146 valence electrons. The summed E-state index contributed by atoms with van der Waals surface area (Å²) in [7, 11) is 0. The number of hydrogen-bond acceptors (Lipinski definition) is 2. The van der Waals surface area contributed by atoms with Crippen molar-refractivity contribution in [3.63, 3.8) is 0 Å². The largest absolute Gasteiger partial charge is 0.503 e. The van der Waals surface area contributed by atoms with Gasteiger partial charge in [0.1, 0.15) is 0 Å². The van der Waals surface area contributed by atoms with Gasteiger partial charge in [-0.2, -0.15) is 0 Å². The molecule has 1 unspecified atom stereocenters. The van der Waals surface area contributed by atoms with Crippen LogP contribution in [0.5, 0.6) is 0 Å². The quantitative estimate of drug-likeness (QED) is 0.477. The first-order valence-electron chi connectivity index (χ1n) is 9.25. The third kappa shape index (κ3) is 3.83. The Hall–Kier alpha value is -2.56. The molecule has 5 heteroatoms. The second kappa shape index (κ2) is 8.05. The number of aliphatic hydroxyl groups is 1. The molecule has 0 fully saturated rings. The van der Waals surface area contributed by atoms with Gasteiger partial charge in [-0.3, -0.25) is 4.79 Å². The molecule has 3 aromatic carbocycles. The normalized spacial score (nSPS) is 16.6. The number of hydrogen-bond donors (Lipinski definition) is 1. The van der Waals surface area contributed by atoms with Gasteiger partial charge in [0.2, 0.25) is 0 Å². The van der Waals surface area contributed by atoms with Crippen molar-refractivity contribution in [1.29, 1.82) is 0 Å². The molecule has 3 aromatic rings. The van der Waals surface area contributed by atoms with E-state index in [0.29, 0.717) is 17.1 Å². The highest BCUT2D eigenvalue weighted by molar-refractivity contribution is 9.10. The second-order valence-corrected chi connectivity index (χ2v) is 8.40. The predicted molar refractivity (Wildman–Crippen MR) is 120 cm³/mol. The number of aryl methyl sites for hydroxylation is 1. The lowest BCUT2D eigenvalue weighted by molar-refractivity contribution is -0.130. The summed E-state index contributed by atoms with van der Waals surface area (Å²) in [6.45, 7) is 2.37. The van der Waals surface area contributed by atoms with E-state index in [-0.39, 0.29) is 11.7 Å². The molecular weight excluding hydrogens is 450 g/mol. The highest BCUT2D eigenvalue weighted by Gasteiger charge is 2.41. The summed E-state index contributed by atoms with van der Waals surface area (Å²) in [5.41, 5.74) is 4.44. The zero-order valence-corrected chi connectivity index (χ0v) is 18.1. The third-order valence-corrected chi connectivity index (χ3v) is 6.11. The lowest BCUT2D eigenvalue weighted by Crippen LogP contribution is -2.30. The zero-order valence-electron chi connectivity index (χ0n) is 15.8. The first kappa shape index (κ1) is 19.7. The molecule has 0 radical (unpaired) electrons. The van der Waals surface area contributed by atoms with Gasteiger partial charge >= 0.3 is 0 Å². The van der Waals surface area contributed by atoms with Crippen molar-refractivity contribution in [3.8, 4) is 0 Å². The van der Waals surface area contributed by atoms with Gasteiger partial charge in [-0.15, -0.1) is 0 Å². The van der Waals surface area contributed by atoms with Crippen LogP contribution < -0.4 is 0 Å². The van der Waals surface area contributed by atoms with Gasteiger partial charge in [-0.05, 0) is 41.8 Å². The first-order chi connectivity index (χ1) is 14.0. The van der Waals surface area contributed by atoms with Gasteiger partial charge in [0.15, 0.2) is 5.76 Å². The summed E-state index contributed by atoms with van der Waals surface area (Å²) in [4.78, 5) is 14.8. The number of carbonyl (C=O) groups is 1. The fourth-order valence-electron chi connectivity index (χ4n) is 3.65. The molecule has 1 atom stereocenters. The predicted octanol–water partition coefficient (Wildman–Crippen LogP) is 6.46. The summed E-state index contributed by atoms with van der Waals surface area (Å²) in [6, 6.07) is 22.7. The molecule has 0 saturated heterocycles. The van der Waals surface area contributed by atoms with Gasteiger partial charge in [-0.25, -0.2) is 0 Å². The van der Waals surface area contributed by atoms with Crippen LogP contribution in [0.2, 0.25) is 5.02 Å². The Morgan fingerprint density at radius 3 is 2.31 bits per heavy atom. The number of aliphatic hydroxyl groups excluding tert-OH is 1. The average molecular weight is 469 g/mol. The van der Waals surface area contributed by atoms with Crippen LogP contribution in [0, 0.1) is 6.92 Å². The molecule has 1 aliphatic heterocycles. The molecule has 1 aliphatic rings. The third-order valence-electron chi connectivity index (χ3n) is 5.13. The number of carbonyl (C=O) groups excluding carboxylic acids is 1. The van der Waals surface area contributed by atoms with E-state index < -0.39 is 6.04 Å². The Balaban J connectivity index is 1.83. The van der Waals surface area contributed by atoms with Crippen LogP contribution >= 0.6 is 27.5 Å². The number of nitrogens with zero attached hydrogens (tertiary/aromatic N) is 1. The van der Waals surface area contributed by atoms with E-state index in [1.165, 1.54) is 0 Å². The highest BCUT2D eigenvalue weighted by Crippen LogP contribution is 2.45. The molecular formula is C24H19BrClNO2. The molecule has 1 amide bonds. The van der Waals surface area contributed by atoms with E-state index in [2.05, 4.69) is 15.9 Å². The number of amides is 1. The van der Waals surface area contributed by atoms with E-state index in [4.69, 9.17) is 11.6 Å². The molecule has 0 saturated carbocycles. The van der Waals surface area contributed by atoms with Gasteiger partial charge in [0.05, 0.1) is 6.04 Å². The van der Waals surface area contributed by atoms with Crippen molar-refractivity contribution >= 4 is 39.0 Å². The lowest BCUT2D eigenvalue weighted by Gasteiger charge is -2.28. The van der Waals surface area contributed by atoms with Crippen LogP contribution in [0.1, 0.15) is 28.3 Å². The van der Waals surface area contributed by atoms with Crippen molar-refractivity contribution in [2.75, 3.05) is 0 Å². The maximum absolute atomic E-state index is 13.1. The molecule has 3 nitrogen and oxygen atoms in total. The fourth-order valence-corrected chi connectivity index (χ4v) is 4.28. The molecule has 0 aliphatic carbocycles. The average Bonchev–Trinajstić information content (AvgIpc) is 2.95.